The maximum absolute atomic E-state index is 13.0. The van der Waals surface area contributed by atoms with Crippen molar-refractivity contribution < 1.29 is 9.13 Å². The van der Waals surface area contributed by atoms with Crippen LogP contribution in [0.4, 0.5) is 4.39 Å². The molecule has 0 fully saturated rings. The van der Waals surface area contributed by atoms with Crippen molar-refractivity contribution in [3.8, 4) is 11.5 Å². The third-order valence-electron chi connectivity index (χ3n) is 2.38. The van der Waals surface area contributed by atoms with E-state index in [4.69, 9.17) is 16.3 Å². The maximum Gasteiger partial charge on any atom is 0.132 e. The summed E-state index contributed by atoms with van der Waals surface area (Å²) in [5.41, 5.74) is 1.75. The highest BCUT2D eigenvalue weighted by Crippen LogP contribution is 2.27. The molecule has 0 spiro atoms. The number of hydrogen-bond donors (Lipinski definition) is 0. The van der Waals surface area contributed by atoms with Crippen molar-refractivity contribution in [1.29, 1.82) is 0 Å². The molecule has 0 aromatic heterocycles. The third kappa shape index (κ3) is 2.98. The molecular weight excluding hydrogens is 239 g/mol. The van der Waals surface area contributed by atoms with Crippen LogP contribution in [0.1, 0.15) is 11.1 Å². The minimum atomic E-state index is -0.308. The van der Waals surface area contributed by atoms with E-state index in [0.29, 0.717) is 11.3 Å². The SMILES string of the molecule is Cc1cccc(Oc2ccc(F)cc2CCl)c1. The zero-order valence-corrected chi connectivity index (χ0v) is 10.2. The molecule has 0 N–H and O–H groups in total. The van der Waals surface area contributed by atoms with E-state index in [1.165, 1.54) is 12.1 Å². The molecule has 0 saturated carbocycles. The highest BCUT2D eigenvalue weighted by Gasteiger charge is 2.05. The summed E-state index contributed by atoms with van der Waals surface area (Å²) in [4.78, 5) is 0. The van der Waals surface area contributed by atoms with Gasteiger partial charge in [0.05, 0.1) is 5.88 Å². The van der Waals surface area contributed by atoms with Crippen molar-refractivity contribution in [2.75, 3.05) is 0 Å². The van der Waals surface area contributed by atoms with E-state index in [9.17, 15) is 4.39 Å². The van der Waals surface area contributed by atoms with E-state index in [2.05, 4.69) is 0 Å². The minimum Gasteiger partial charge on any atom is -0.457 e. The van der Waals surface area contributed by atoms with Crippen LogP contribution in [0.25, 0.3) is 0 Å². The van der Waals surface area contributed by atoms with Crippen molar-refractivity contribution in [2.24, 2.45) is 0 Å². The monoisotopic (exact) mass is 250 g/mol. The van der Waals surface area contributed by atoms with E-state index < -0.39 is 0 Å². The Hall–Kier alpha value is -1.54. The lowest BCUT2D eigenvalue weighted by Crippen LogP contribution is -1.91. The Bertz CT molecular complexity index is 525. The first kappa shape index (κ1) is 11.9. The van der Waals surface area contributed by atoms with E-state index in [-0.39, 0.29) is 11.7 Å². The molecule has 0 aliphatic rings. The Morgan fingerprint density at radius 3 is 2.71 bits per heavy atom. The summed E-state index contributed by atoms with van der Waals surface area (Å²) in [6.07, 6.45) is 0. The lowest BCUT2D eigenvalue weighted by atomic mass is 10.2. The molecule has 0 radical (unpaired) electrons. The molecule has 2 aromatic rings. The van der Waals surface area contributed by atoms with Gasteiger partial charge in [-0.3, -0.25) is 0 Å². The molecule has 0 aliphatic heterocycles. The van der Waals surface area contributed by atoms with Crippen LogP contribution >= 0.6 is 11.6 Å². The Morgan fingerprint density at radius 2 is 2.00 bits per heavy atom. The summed E-state index contributed by atoms with van der Waals surface area (Å²) in [6, 6.07) is 12.0. The molecule has 0 aliphatic carbocycles. The van der Waals surface area contributed by atoms with Gasteiger partial charge in [0.25, 0.3) is 0 Å². The van der Waals surface area contributed by atoms with Crippen LogP contribution in [-0.2, 0) is 5.88 Å². The third-order valence-corrected chi connectivity index (χ3v) is 2.67. The molecule has 3 heteroatoms. The number of rotatable bonds is 3. The van der Waals surface area contributed by atoms with Crippen LogP contribution in [0, 0.1) is 12.7 Å². The summed E-state index contributed by atoms with van der Waals surface area (Å²) >= 11 is 5.75. The number of ether oxygens (including phenoxy) is 1. The molecule has 0 saturated heterocycles. The minimum absolute atomic E-state index is 0.221. The van der Waals surface area contributed by atoms with Crippen molar-refractivity contribution >= 4 is 11.6 Å². The number of aryl methyl sites for hydroxylation is 1. The van der Waals surface area contributed by atoms with Gasteiger partial charge in [0.15, 0.2) is 0 Å². The molecule has 1 nitrogen and oxygen atoms in total. The average Bonchev–Trinajstić information content (AvgIpc) is 2.31. The number of hydrogen-bond acceptors (Lipinski definition) is 1. The Balaban J connectivity index is 2.29. The summed E-state index contributed by atoms with van der Waals surface area (Å²) in [5.74, 6) is 1.23. The Morgan fingerprint density at radius 1 is 1.18 bits per heavy atom. The highest BCUT2D eigenvalue weighted by atomic mass is 35.5. The van der Waals surface area contributed by atoms with Gasteiger partial charge in [-0.2, -0.15) is 0 Å². The molecule has 17 heavy (non-hydrogen) atoms. The zero-order valence-electron chi connectivity index (χ0n) is 9.41. The Labute approximate surface area is 105 Å². The zero-order chi connectivity index (χ0) is 12.3. The summed E-state index contributed by atoms with van der Waals surface area (Å²) < 4.78 is 18.7. The maximum atomic E-state index is 13.0. The van der Waals surface area contributed by atoms with E-state index in [0.717, 1.165) is 11.3 Å². The first-order valence-corrected chi connectivity index (χ1v) is 5.81. The first-order valence-electron chi connectivity index (χ1n) is 5.28. The summed E-state index contributed by atoms with van der Waals surface area (Å²) in [6.45, 7) is 1.99. The van der Waals surface area contributed by atoms with Gasteiger partial charge >= 0.3 is 0 Å². The fraction of sp³-hybridized carbons (Fsp3) is 0.143. The van der Waals surface area contributed by atoms with Gasteiger partial charge in [-0.05, 0) is 42.8 Å². The summed E-state index contributed by atoms with van der Waals surface area (Å²) in [7, 11) is 0. The second kappa shape index (κ2) is 5.19. The summed E-state index contributed by atoms with van der Waals surface area (Å²) in [5, 5.41) is 0. The number of halogens is 2. The molecular formula is C14H12ClFO. The van der Waals surface area contributed by atoms with Gasteiger partial charge < -0.3 is 4.74 Å². The second-order valence-corrected chi connectivity index (χ2v) is 4.07. The van der Waals surface area contributed by atoms with Crippen molar-refractivity contribution in [3.05, 3.63) is 59.4 Å². The normalized spacial score (nSPS) is 10.3. The van der Waals surface area contributed by atoms with Crippen molar-refractivity contribution in [2.45, 2.75) is 12.8 Å². The average molecular weight is 251 g/mol. The molecule has 0 heterocycles. The topological polar surface area (TPSA) is 9.23 Å². The van der Waals surface area contributed by atoms with Gasteiger partial charge in [-0.15, -0.1) is 11.6 Å². The molecule has 0 atom stereocenters. The molecule has 0 unspecified atom stereocenters. The van der Waals surface area contributed by atoms with Crippen LogP contribution in [-0.4, -0.2) is 0 Å². The quantitative estimate of drug-likeness (QED) is 0.720. The second-order valence-electron chi connectivity index (χ2n) is 3.80. The molecule has 0 bridgehead atoms. The van der Waals surface area contributed by atoms with Crippen LogP contribution in [0.5, 0.6) is 11.5 Å². The lowest BCUT2D eigenvalue weighted by molar-refractivity contribution is 0.475. The van der Waals surface area contributed by atoms with E-state index in [1.54, 1.807) is 6.07 Å². The van der Waals surface area contributed by atoms with Gasteiger partial charge in [0, 0.05) is 5.56 Å². The lowest BCUT2D eigenvalue weighted by Gasteiger charge is -2.10. The van der Waals surface area contributed by atoms with Gasteiger partial charge in [0.1, 0.15) is 17.3 Å². The molecule has 88 valence electrons. The molecule has 2 rings (SSSR count). The fourth-order valence-corrected chi connectivity index (χ4v) is 1.77. The highest BCUT2D eigenvalue weighted by molar-refractivity contribution is 6.17. The smallest absolute Gasteiger partial charge is 0.132 e. The van der Waals surface area contributed by atoms with Crippen LogP contribution in [0.2, 0.25) is 0 Å². The predicted octanol–water partition coefficient (Wildman–Crippen LogP) is 4.67. The van der Waals surface area contributed by atoms with Crippen LogP contribution in [0.3, 0.4) is 0 Å². The fourth-order valence-electron chi connectivity index (χ4n) is 1.56. The predicted molar refractivity (Wildman–Crippen MR) is 67.2 cm³/mol. The van der Waals surface area contributed by atoms with Crippen LogP contribution < -0.4 is 4.74 Å². The molecule has 0 amide bonds. The van der Waals surface area contributed by atoms with E-state index in [1.807, 2.05) is 31.2 Å². The molecule has 2 aromatic carbocycles. The van der Waals surface area contributed by atoms with Gasteiger partial charge in [-0.25, -0.2) is 4.39 Å². The van der Waals surface area contributed by atoms with E-state index >= 15 is 0 Å². The largest absolute Gasteiger partial charge is 0.457 e. The Kier molecular flexibility index (Phi) is 3.64. The standard InChI is InChI=1S/C14H12ClFO/c1-10-3-2-4-13(7-10)17-14-6-5-12(16)8-11(14)9-15/h2-8H,9H2,1H3. The number of alkyl halides is 1. The van der Waals surface area contributed by atoms with Crippen LogP contribution in [0.15, 0.2) is 42.5 Å². The first-order chi connectivity index (χ1) is 8.19. The number of benzene rings is 2. The van der Waals surface area contributed by atoms with Gasteiger partial charge in [0.2, 0.25) is 0 Å². The van der Waals surface area contributed by atoms with Crippen molar-refractivity contribution in [1.82, 2.24) is 0 Å². The van der Waals surface area contributed by atoms with Gasteiger partial charge in [-0.1, -0.05) is 12.1 Å². The van der Waals surface area contributed by atoms with Crippen molar-refractivity contribution in [3.63, 3.8) is 0 Å².